The fourth-order valence-electron chi connectivity index (χ4n) is 2.62. The first-order chi connectivity index (χ1) is 11.9. The highest BCUT2D eigenvalue weighted by molar-refractivity contribution is 6.18. The molecule has 25 heavy (non-hydrogen) atoms. The lowest BCUT2D eigenvalue weighted by Gasteiger charge is -2.31. The molecule has 132 valence electrons. The molecule has 6 heteroatoms. The van der Waals surface area contributed by atoms with Crippen LogP contribution in [-0.2, 0) is 9.59 Å². The van der Waals surface area contributed by atoms with E-state index in [9.17, 15) is 14.4 Å². The second kappa shape index (κ2) is 7.79. The molecule has 0 radical (unpaired) electrons. The Hall–Kier alpha value is -2.89. The Balaban J connectivity index is 2.23. The smallest absolute Gasteiger partial charge is 0.331 e. The van der Waals surface area contributed by atoms with Crippen LogP contribution >= 0.6 is 0 Å². The second-order valence-electron chi connectivity index (χ2n) is 6.11. The van der Waals surface area contributed by atoms with Crippen LogP contribution in [0.4, 0.5) is 10.5 Å². The van der Waals surface area contributed by atoms with Gasteiger partial charge in [-0.05, 0) is 30.5 Å². The van der Waals surface area contributed by atoms with Gasteiger partial charge in [-0.2, -0.15) is 0 Å². The van der Waals surface area contributed by atoms with Crippen LogP contribution in [0.2, 0.25) is 0 Å². The molecule has 0 saturated carbocycles. The van der Waals surface area contributed by atoms with Gasteiger partial charge in [0.15, 0.2) is 5.92 Å². The molecule has 4 amide bonds. The Morgan fingerprint density at radius 3 is 2.44 bits per heavy atom. The number of allylic oxidation sites excluding steroid dienone is 1. The van der Waals surface area contributed by atoms with Crippen molar-refractivity contribution in [3.63, 3.8) is 0 Å². The molecule has 2 N–H and O–H groups in total. The van der Waals surface area contributed by atoms with Crippen molar-refractivity contribution in [3.8, 4) is 0 Å². The van der Waals surface area contributed by atoms with Crippen LogP contribution in [0.15, 0.2) is 48.7 Å². The Kier molecular flexibility index (Phi) is 5.75. The number of carbonyl (C=O) groups excluding carboxylic acids is 3. The number of urea groups is 1. The third kappa shape index (κ3) is 3.96. The second-order valence-corrected chi connectivity index (χ2v) is 6.11. The molecule has 1 aliphatic heterocycles. The summed E-state index contributed by atoms with van der Waals surface area (Å²) in [5.41, 5.74) is 2.40. The molecule has 1 aliphatic rings. The van der Waals surface area contributed by atoms with Gasteiger partial charge in [-0.15, -0.1) is 6.58 Å². The number of anilines is 1. The molecular formula is C19H23N3O3. The number of rotatable bonds is 6. The summed E-state index contributed by atoms with van der Waals surface area (Å²) in [6.07, 6.45) is 3.11. The standard InChI is InChI=1S/C19H23N3O3/c1-5-11-22-18(24)16(17(23)21-19(22)25)15(6-2)20-14-9-7-13(8-10-14)12(3)4/h5-10,12,16,20H,1,11H2,2-4H3,(H,21,23,25)/b15-6+/t16-/m0/s1. The molecule has 1 aromatic carbocycles. The average molecular weight is 341 g/mol. The van der Waals surface area contributed by atoms with Gasteiger partial charge in [0, 0.05) is 17.9 Å². The number of nitrogens with zero attached hydrogens (tertiary/aromatic N) is 1. The van der Waals surface area contributed by atoms with Gasteiger partial charge in [-0.25, -0.2) is 4.79 Å². The Morgan fingerprint density at radius 2 is 1.92 bits per heavy atom. The van der Waals surface area contributed by atoms with E-state index in [2.05, 4.69) is 31.1 Å². The minimum Gasteiger partial charge on any atom is -0.358 e. The predicted octanol–water partition coefficient (Wildman–Crippen LogP) is 3.01. The molecule has 0 spiro atoms. The first-order valence-corrected chi connectivity index (χ1v) is 8.19. The first kappa shape index (κ1) is 18.4. The van der Waals surface area contributed by atoms with E-state index < -0.39 is 23.8 Å². The van der Waals surface area contributed by atoms with Gasteiger partial charge < -0.3 is 5.32 Å². The summed E-state index contributed by atoms with van der Waals surface area (Å²) in [6, 6.07) is 7.07. The maximum absolute atomic E-state index is 12.6. The van der Waals surface area contributed by atoms with Gasteiger partial charge in [0.2, 0.25) is 11.8 Å². The topological polar surface area (TPSA) is 78.5 Å². The zero-order valence-electron chi connectivity index (χ0n) is 14.7. The summed E-state index contributed by atoms with van der Waals surface area (Å²) in [7, 11) is 0. The number of barbiturate groups is 1. The number of hydrogen-bond donors (Lipinski definition) is 2. The highest BCUT2D eigenvalue weighted by Gasteiger charge is 2.41. The fraction of sp³-hybridized carbons (Fsp3) is 0.316. The number of nitrogens with one attached hydrogen (secondary N) is 2. The maximum Gasteiger partial charge on any atom is 0.331 e. The highest BCUT2D eigenvalue weighted by Crippen LogP contribution is 2.23. The van der Waals surface area contributed by atoms with Crippen LogP contribution in [0.25, 0.3) is 0 Å². The minimum atomic E-state index is -1.09. The van der Waals surface area contributed by atoms with Crippen molar-refractivity contribution in [1.82, 2.24) is 10.2 Å². The van der Waals surface area contributed by atoms with Crippen molar-refractivity contribution >= 4 is 23.5 Å². The number of carbonyl (C=O) groups is 3. The number of imide groups is 2. The van der Waals surface area contributed by atoms with Crippen LogP contribution in [0.3, 0.4) is 0 Å². The molecule has 2 rings (SSSR count). The quantitative estimate of drug-likeness (QED) is 0.616. The van der Waals surface area contributed by atoms with Crippen LogP contribution < -0.4 is 10.6 Å². The molecule has 1 atom stereocenters. The van der Waals surface area contributed by atoms with Crippen molar-refractivity contribution in [3.05, 3.63) is 54.3 Å². The van der Waals surface area contributed by atoms with Gasteiger partial charge in [0.25, 0.3) is 0 Å². The van der Waals surface area contributed by atoms with E-state index in [0.717, 1.165) is 10.6 Å². The van der Waals surface area contributed by atoms with E-state index in [-0.39, 0.29) is 6.54 Å². The zero-order chi connectivity index (χ0) is 18.6. The SMILES string of the molecule is C=CCN1C(=O)NC(=O)[C@H](/C(=C\C)Nc2ccc(C(C)C)cc2)C1=O. The third-order valence-corrected chi connectivity index (χ3v) is 4.05. The number of benzene rings is 1. The zero-order valence-corrected chi connectivity index (χ0v) is 14.7. The molecular weight excluding hydrogens is 318 g/mol. The van der Waals surface area contributed by atoms with E-state index in [1.54, 1.807) is 13.0 Å². The van der Waals surface area contributed by atoms with E-state index in [4.69, 9.17) is 0 Å². The number of amides is 4. The van der Waals surface area contributed by atoms with E-state index >= 15 is 0 Å². The molecule has 1 aromatic rings. The van der Waals surface area contributed by atoms with Crippen molar-refractivity contribution in [2.45, 2.75) is 26.7 Å². The summed E-state index contributed by atoms with van der Waals surface area (Å²) in [6.45, 7) is 9.53. The van der Waals surface area contributed by atoms with Crippen LogP contribution in [-0.4, -0.2) is 29.3 Å². The number of hydrogen-bond acceptors (Lipinski definition) is 4. The Bertz CT molecular complexity index is 720. The summed E-state index contributed by atoms with van der Waals surface area (Å²) in [5.74, 6) is -1.87. The average Bonchev–Trinajstić information content (AvgIpc) is 2.57. The molecule has 0 aromatic heterocycles. The van der Waals surface area contributed by atoms with Crippen molar-refractivity contribution in [2.24, 2.45) is 5.92 Å². The van der Waals surface area contributed by atoms with Crippen LogP contribution in [0.5, 0.6) is 0 Å². The maximum atomic E-state index is 12.6. The highest BCUT2D eigenvalue weighted by atomic mass is 16.2. The summed E-state index contributed by atoms with van der Waals surface area (Å²) in [4.78, 5) is 37.6. The molecule has 6 nitrogen and oxygen atoms in total. The summed E-state index contributed by atoms with van der Waals surface area (Å²) < 4.78 is 0. The first-order valence-electron chi connectivity index (χ1n) is 8.19. The lowest BCUT2D eigenvalue weighted by Crippen LogP contribution is -2.58. The molecule has 0 bridgehead atoms. The van der Waals surface area contributed by atoms with Gasteiger partial charge >= 0.3 is 6.03 Å². The normalized spacial score (nSPS) is 18.4. The van der Waals surface area contributed by atoms with Crippen molar-refractivity contribution < 1.29 is 14.4 Å². The molecule has 1 heterocycles. The van der Waals surface area contributed by atoms with Crippen molar-refractivity contribution in [1.29, 1.82) is 0 Å². The van der Waals surface area contributed by atoms with Crippen LogP contribution in [0, 0.1) is 5.92 Å². The Labute approximate surface area is 147 Å². The van der Waals surface area contributed by atoms with E-state index in [1.165, 1.54) is 11.6 Å². The largest absolute Gasteiger partial charge is 0.358 e. The van der Waals surface area contributed by atoms with Gasteiger partial charge in [-0.3, -0.25) is 19.8 Å². The third-order valence-electron chi connectivity index (χ3n) is 4.05. The summed E-state index contributed by atoms with van der Waals surface area (Å²) in [5, 5.41) is 5.34. The van der Waals surface area contributed by atoms with Gasteiger partial charge in [0.05, 0.1) is 0 Å². The van der Waals surface area contributed by atoms with Crippen molar-refractivity contribution in [2.75, 3.05) is 11.9 Å². The minimum absolute atomic E-state index is 0.0501. The van der Waals surface area contributed by atoms with Gasteiger partial charge in [-0.1, -0.05) is 38.1 Å². The van der Waals surface area contributed by atoms with Gasteiger partial charge in [0.1, 0.15) is 0 Å². The molecule has 1 saturated heterocycles. The van der Waals surface area contributed by atoms with Crippen LogP contribution in [0.1, 0.15) is 32.3 Å². The van der Waals surface area contributed by atoms with E-state index in [0.29, 0.717) is 11.6 Å². The molecule has 0 unspecified atom stereocenters. The summed E-state index contributed by atoms with van der Waals surface area (Å²) >= 11 is 0. The molecule has 0 aliphatic carbocycles. The predicted molar refractivity (Wildman–Crippen MR) is 96.8 cm³/mol. The molecule has 1 fully saturated rings. The fourth-order valence-corrected chi connectivity index (χ4v) is 2.62. The monoisotopic (exact) mass is 341 g/mol. The lowest BCUT2D eigenvalue weighted by atomic mass is 9.99. The van der Waals surface area contributed by atoms with E-state index in [1.807, 2.05) is 24.3 Å². The Morgan fingerprint density at radius 1 is 1.28 bits per heavy atom. The lowest BCUT2D eigenvalue weighted by molar-refractivity contribution is -0.140.